The lowest BCUT2D eigenvalue weighted by atomic mass is 9.86. The molecule has 13 heavy (non-hydrogen) atoms. The highest BCUT2D eigenvalue weighted by Crippen LogP contribution is 2.37. The Bertz CT molecular complexity index is 207. The van der Waals surface area contributed by atoms with Gasteiger partial charge in [0.2, 0.25) is 0 Å². The summed E-state index contributed by atoms with van der Waals surface area (Å²) < 4.78 is 0. The molecule has 2 fully saturated rings. The molecule has 72 valence electrons. The van der Waals surface area contributed by atoms with Gasteiger partial charge in [0.25, 0.3) is 0 Å². The second kappa shape index (κ2) is 3.67. The van der Waals surface area contributed by atoms with Crippen LogP contribution in [0.15, 0.2) is 0 Å². The van der Waals surface area contributed by atoms with Crippen molar-refractivity contribution in [1.29, 1.82) is 5.26 Å². The molecule has 0 aromatic heterocycles. The SMILES string of the molecule is N#CC1(CNC2CCC2)CCCC1. The number of nitrogens with one attached hydrogen (secondary N) is 1. The monoisotopic (exact) mass is 178 g/mol. The molecule has 0 aromatic carbocycles. The fourth-order valence-corrected chi connectivity index (χ4v) is 2.33. The molecule has 0 heterocycles. The predicted molar refractivity (Wildman–Crippen MR) is 52.2 cm³/mol. The first-order valence-electron chi connectivity index (χ1n) is 5.49. The van der Waals surface area contributed by atoms with Gasteiger partial charge in [-0.1, -0.05) is 19.3 Å². The number of nitrogens with zero attached hydrogens (tertiary/aromatic N) is 1. The summed E-state index contributed by atoms with van der Waals surface area (Å²) in [7, 11) is 0. The summed E-state index contributed by atoms with van der Waals surface area (Å²) in [6.45, 7) is 0.939. The van der Waals surface area contributed by atoms with Crippen LogP contribution in [0.3, 0.4) is 0 Å². The van der Waals surface area contributed by atoms with Crippen LogP contribution in [0.25, 0.3) is 0 Å². The van der Waals surface area contributed by atoms with E-state index in [-0.39, 0.29) is 5.41 Å². The number of rotatable bonds is 3. The predicted octanol–water partition coefficient (Wildman–Crippen LogP) is 2.21. The largest absolute Gasteiger partial charge is 0.312 e. The van der Waals surface area contributed by atoms with E-state index in [0.29, 0.717) is 0 Å². The van der Waals surface area contributed by atoms with Crippen molar-refractivity contribution >= 4 is 0 Å². The van der Waals surface area contributed by atoms with Crippen molar-refractivity contribution in [2.24, 2.45) is 5.41 Å². The Kier molecular flexibility index (Phi) is 2.55. The molecule has 0 atom stereocenters. The molecule has 2 aliphatic carbocycles. The minimum Gasteiger partial charge on any atom is -0.312 e. The van der Waals surface area contributed by atoms with Crippen molar-refractivity contribution in [1.82, 2.24) is 5.32 Å². The van der Waals surface area contributed by atoms with Gasteiger partial charge in [-0.2, -0.15) is 5.26 Å². The Morgan fingerprint density at radius 3 is 2.38 bits per heavy atom. The topological polar surface area (TPSA) is 35.8 Å². The molecule has 1 N–H and O–H groups in total. The number of nitriles is 1. The van der Waals surface area contributed by atoms with Crippen LogP contribution in [-0.2, 0) is 0 Å². The van der Waals surface area contributed by atoms with E-state index in [9.17, 15) is 0 Å². The molecule has 0 spiro atoms. The van der Waals surface area contributed by atoms with E-state index in [4.69, 9.17) is 5.26 Å². The summed E-state index contributed by atoms with van der Waals surface area (Å²) in [5, 5.41) is 12.7. The third-order valence-electron chi connectivity index (χ3n) is 3.63. The normalized spacial score (nSPS) is 26.7. The molecule has 0 aliphatic heterocycles. The molecule has 2 aliphatic rings. The standard InChI is InChI=1S/C11H18N2/c12-8-11(6-1-2-7-11)9-13-10-4-3-5-10/h10,13H,1-7,9H2. The second-order valence-corrected chi connectivity index (χ2v) is 4.61. The lowest BCUT2D eigenvalue weighted by Crippen LogP contribution is -2.41. The molecule has 2 nitrogen and oxygen atoms in total. The van der Waals surface area contributed by atoms with Gasteiger partial charge in [-0.25, -0.2) is 0 Å². The van der Waals surface area contributed by atoms with Gasteiger partial charge < -0.3 is 5.32 Å². The molecule has 2 rings (SSSR count). The van der Waals surface area contributed by atoms with Gasteiger partial charge in [0, 0.05) is 12.6 Å². The first-order valence-corrected chi connectivity index (χ1v) is 5.49. The fraction of sp³-hybridized carbons (Fsp3) is 0.909. The summed E-state index contributed by atoms with van der Waals surface area (Å²) >= 11 is 0. The fourth-order valence-electron chi connectivity index (χ4n) is 2.33. The van der Waals surface area contributed by atoms with Crippen LogP contribution in [0.2, 0.25) is 0 Å². The van der Waals surface area contributed by atoms with E-state index in [1.807, 2.05) is 0 Å². The number of hydrogen-bond acceptors (Lipinski definition) is 2. The van der Waals surface area contributed by atoms with E-state index >= 15 is 0 Å². The summed E-state index contributed by atoms with van der Waals surface area (Å²) in [6, 6.07) is 3.25. The molecule has 0 aromatic rings. The minimum atomic E-state index is -0.00437. The molecule has 0 unspecified atom stereocenters. The summed E-state index contributed by atoms with van der Waals surface area (Å²) in [6.07, 6.45) is 8.74. The highest BCUT2D eigenvalue weighted by Gasteiger charge is 2.34. The summed E-state index contributed by atoms with van der Waals surface area (Å²) in [5.74, 6) is 0. The lowest BCUT2D eigenvalue weighted by molar-refractivity contribution is 0.285. The minimum absolute atomic E-state index is 0.00437. The van der Waals surface area contributed by atoms with Crippen LogP contribution < -0.4 is 5.32 Å². The van der Waals surface area contributed by atoms with Crippen LogP contribution in [-0.4, -0.2) is 12.6 Å². The van der Waals surface area contributed by atoms with Crippen LogP contribution in [0.1, 0.15) is 44.9 Å². The van der Waals surface area contributed by atoms with Crippen molar-refractivity contribution in [3.63, 3.8) is 0 Å². The molecule has 0 bridgehead atoms. The molecule has 2 saturated carbocycles. The first-order chi connectivity index (χ1) is 6.35. The Morgan fingerprint density at radius 2 is 1.92 bits per heavy atom. The molecule has 0 saturated heterocycles. The van der Waals surface area contributed by atoms with E-state index in [0.717, 1.165) is 25.4 Å². The maximum atomic E-state index is 9.13. The van der Waals surface area contributed by atoms with Crippen molar-refractivity contribution in [3.8, 4) is 6.07 Å². The maximum Gasteiger partial charge on any atom is 0.0703 e. The Labute approximate surface area is 80.3 Å². The zero-order valence-electron chi connectivity index (χ0n) is 8.18. The molecule has 0 amide bonds. The first kappa shape index (κ1) is 9.02. The van der Waals surface area contributed by atoms with Gasteiger partial charge in [-0.3, -0.25) is 0 Å². The van der Waals surface area contributed by atoms with Crippen molar-refractivity contribution < 1.29 is 0 Å². The second-order valence-electron chi connectivity index (χ2n) is 4.61. The zero-order valence-corrected chi connectivity index (χ0v) is 8.18. The van der Waals surface area contributed by atoms with Crippen molar-refractivity contribution in [2.75, 3.05) is 6.54 Å². The third-order valence-corrected chi connectivity index (χ3v) is 3.63. The van der Waals surface area contributed by atoms with Gasteiger partial charge in [0.15, 0.2) is 0 Å². The van der Waals surface area contributed by atoms with Crippen LogP contribution in [0.4, 0.5) is 0 Å². The number of hydrogen-bond donors (Lipinski definition) is 1. The summed E-state index contributed by atoms with van der Waals surface area (Å²) in [5.41, 5.74) is -0.00437. The smallest absolute Gasteiger partial charge is 0.0703 e. The molecular formula is C11H18N2. The van der Waals surface area contributed by atoms with E-state index in [2.05, 4.69) is 11.4 Å². The Morgan fingerprint density at radius 1 is 1.23 bits per heavy atom. The molecule has 0 radical (unpaired) electrons. The van der Waals surface area contributed by atoms with Crippen LogP contribution in [0.5, 0.6) is 0 Å². The quantitative estimate of drug-likeness (QED) is 0.719. The van der Waals surface area contributed by atoms with Gasteiger partial charge >= 0.3 is 0 Å². The Balaban J connectivity index is 1.80. The van der Waals surface area contributed by atoms with Crippen molar-refractivity contribution in [3.05, 3.63) is 0 Å². The summed E-state index contributed by atoms with van der Waals surface area (Å²) in [4.78, 5) is 0. The highest BCUT2D eigenvalue weighted by molar-refractivity contribution is 5.03. The average molecular weight is 178 g/mol. The zero-order chi connectivity index (χ0) is 9.15. The molecular weight excluding hydrogens is 160 g/mol. The average Bonchev–Trinajstić information content (AvgIpc) is 2.51. The molecule has 2 heteroatoms. The van der Waals surface area contributed by atoms with Gasteiger partial charge in [-0.15, -0.1) is 0 Å². The van der Waals surface area contributed by atoms with Gasteiger partial charge in [0.1, 0.15) is 0 Å². The third kappa shape index (κ3) is 1.86. The van der Waals surface area contributed by atoms with E-state index in [1.165, 1.54) is 32.1 Å². The van der Waals surface area contributed by atoms with Gasteiger partial charge in [-0.05, 0) is 25.7 Å². The van der Waals surface area contributed by atoms with Crippen LogP contribution >= 0.6 is 0 Å². The maximum absolute atomic E-state index is 9.13. The van der Waals surface area contributed by atoms with Crippen molar-refractivity contribution in [2.45, 2.75) is 51.0 Å². The van der Waals surface area contributed by atoms with E-state index < -0.39 is 0 Å². The van der Waals surface area contributed by atoms with Crippen LogP contribution in [0, 0.1) is 16.7 Å². The Hall–Kier alpha value is -0.550. The van der Waals surface area contributed by atoms with E-state index in [1.54, 1.807) is 0 Å². The lowest BCUT2D eigenvalue weighted by Gasteiger charge is -2.30. The van der Waals surface area contributed by atoms with Gasteiger partial charge in [0.05, 0.1) is 11.5 Å². The highest BCUT2D eigenvalue weighted by atomic mass is 14.9.